The van der Waals surface area contributed by atoms with Crippen LogP contribution in [-0.2, 0) is 16.1 Å². The molecule has 6 heteroatoms. The lowest BCUT2D eigenvalue weighted by Gasteiger charge is -2.27. The lowest BCUT2D eigenvalue weighted by molar-refractivity contribution is -0.148. The van der Waals surface area contributed by atoms with Crippen molar-refractivity contribution in [2.24, 2.45) is 11.8 Å². The number of aliphatic carboxylic acids is 1. The Morgan fingerprint density at radius 2 is 1.64 bits per heavy atom. The SMILES string of the molecule is COc1ccccc1Oc1ccc(CNC(=O)C2CCCCC2C(=O)O)cc1. The molecule has 2 aromatic rings. The van der Waals surface area contributed by atoms with E-state index in [0.29, 0.717) is 36.6 Å². The fraction of sp³-hybridized carbons (Fsp3) is 0.364. The molecule has 0 radical (unpaired) electrons. The van der Waals surface area contributed by atoms with Crippen LogP contribution in [0.1, 0.15) is 31.2 Å². The molecule has 1 aliphatic rings. The van der Waals surface area contributed by atoms with Crippen molar-refractivity contribution in [1.29, 1.82) is 0 Å². The van der Waals surface area contributed by atoms with Gasteiger partial charge in [0.2, 0.25) is 5.91 Å². The average Bonchev–Trinajstić information content (AvgIpc) is 2.73. The highest BCUT2D eigenvalue weighted by molar-refractivity contribution is 5.84. The van der Waals surface area contributed by atoms with E-state index in [2.05, 4.69) is 5.32 Å². The van der Waals surface area contributed by atoms with E-state index in [9.17, 15) is 14.7 Å². The van der Waals surface area contributed by atoms with E-state index >= 15 is 0 Å². The van der Waals surface area contributed by atoms with E-state index < -0.39 is 17.8 Å². The molecule has 2 atom stereocenters. The Kier molecular flexibility index (Phi) is 6.53. The molecule has 0 saturated heterocycles. The molecule has 0 bridgehead atoms. The monoisotopic (exact) mass is 383 g/mol. The van der Waals surface area contributed by atoms with Gasteiger partial charge in [-0.1, -0.05) is 37.1 Å². The molecule has 0 aliphatic heterocycles. The molecule has 1 aliphatic carbocycles. The summed E-state index contributed by atoms with van der Waals surface area (Å²) in [5.74, 6) is -0.135. The number of carboxylic acids is 1. The molecule has 1 amide bonds. The van der Waals surface area contributed by atoms with Crippen molar-refractivity contribution in [2.75, 3.05) is 7.11 Å². The summed E-state index contributed by atoms with van der Waals surface area (Å²) in [6, 6.07) is 14.8. The van der Waals surface area contributed by atoms with Crippen molar-refractivity contribution in [3.8, 4) is 17.2 Å². The van der Waals surface area contributed by atoms with Crippen LogP contribution < -0.4 is 14.8 Å². The van der Waals surface area contributed by atoms with E-state index in [1.54, 1.807) is 7.11 Å². The normalized spacial score (nSPS) is 18.9. The molecule has 2 unspecified atom stereocenters. The maximum absolute atomic E-state index is 12.5. The fourth-order valence-electron chi connectivity index (χ4n) is 3.57. The van der Waals surface area contributed by atoms with E-state index in [1.165, 1.54) is 0 Å². The Morgan fingerprint density at radius 3 is 2.29 bits per heavy atom. The number of carboxylic acid groups (broad SMARTS) is 1. The maximum atomic E-state index is 12.5. The Hall–Kier alpha value is -3.02. The van der Waals surface area contributed by atoms with E-state index in [4.69, 9.17) is 9.47 Å². The number of carbonyl (C=O) groups is 2. The lowest BCUT2D eigenvalue weighted by atomic mass is 9.78. The van der Waals surface area contributed by atoms with E-state index in [-0.39, 0.29) is 5.91 Å². The molecule has 0 heterocycles. The van der Waals surface area contributed by atoms with Crippen LogP contribution in [0.5, 0.6) is 17.2 Å². The zero-order valence-corrected chi connectivity index (χ0v) is 15.9. The second kappa shape index (κ2) is 9.26. The van der Waals surface area contributed by atoms with Crippen molar-refractivity contribution >= 4 is 11.9 Å². The molecule has 148 valence electrons. The quantitative estimate of drug-likeness (QED) is 0.755. The highest BCUT2D eigenvalue weighted by Gasteiger charge is 2.35. The summed E-state index contributed by atoms with van der Waals surface area (Å²) in [4.78, 5) is 23.8. The van der Waals surface area contributed by atoms with Gasteiger partial charge in [0.05, 0.1) is 18.9 Å². The fourth-order valence-corrected chi connectivity index (χ4v) is 3.57. The topological polar surface area (TPSA) is 84.9 Å². The van der Waals surface area contributed by atoms with Gasteiger partial charge >= 0.3 is 5.97 Å². The van der Waals surface area contributed by atoms with Crippen LogP contribution in [0.2, 0.25) is 0 Å². The van der Waals surface area contributed by atoms with Gasteiger partial charge in [0.1, 0.15) is 5.75 Å². The Morgan fingerprint density at radius 1 is 1.00 bits per heavy atom. The number of hydrogen-bond acceptors (Lipinski definition) is 4. The van der Waals surface area contributed by atoms with E-state index in [0.717, 1.165) is 18.4 Å². The highest BCUT2D eigenvalue weighted by atomic mass is 16.5. The number of hydrogen-bond donors (Lipinski definition) is 2. The minimum atomic E-state index is -0.877. The number of carbonyl (C=O) groups excluding carboxylic acids is 1. The second-order valence-corrected chi connectivity index (χ2v) is 6.95. The summed E-state index contributed by atoms with van der Waals surface area (Å²) >= 11 is 0. The van der Waals surface area contributed by atoms with Crippen molar-refractivity contribution in [3.05, 3.63) is 54.1 Å². The van der Waals surface area contributed by atoms with Crippen LogP contribution in [-0.4, -0.2) is 24.1 Å². The van der Waals surface area contributed by atoms with Gasteiger partial charge in [-0.3, -0.25) is 9.59 Å². The van der Waals surface area contributed by atoms with Gasteiger partial charge in [0.25, 0.3) is 0 Å². The zero-order valence-electron chi connectivity index (χ0n) is 15.9. The Labute approximate surface area is 164 Å². The summed E-state index contributed by atoms with van der Waals surface area (Å²) < 4.78 is 11.1. The Balaban J connectivity index is 1.57. The van der Waals surface area contributed by atoms with Crippen LogP contribution in [0, 0.1) is 11.8 Å². The van der Waals surface area contributed by atoms with Gasteiger partial charge in [0.15, 0.2) is 11.5 Å². The number of benzene rings is 2. The van der Waals surface area contributed by atoms with Gasteiger partial charge in [-0.25, -0.2) is 0 Å². The molecule has 0 spiro atoms. The van der Waals surface area contributed by atoms with Gasteiger partial charge in [-0.05, 0) is 42.7 Å². The molecule has 0 aromatic heterocycles. The molecule has 3 rings (SSSR count). The molecule has 1 fully saturated rings. The smallest absolute Gasteiger partial charge is 0.307 e. The third-order valence-corrected chi connectivity index (χ3v) is 5.11. The van der Waals surface area contributed by atoms with Crippen LogP contribution in [0.3, 0.4) is 0 Å². The Bertz CT molecular complexity index is 818. The largest absolute Gasteiger partial charge is 0.493 e. The molecular formula is C22H25NO5. The number of rotatable bonds is 7. The van der Waals surface area contributed by atoms with E-state index in [1.807, 2.05) is 48.5 Å². The number of nitrogens with one attached hydrogen (secondary N) is 1. The first-order valence-corrected chi connectivity index (χ1v) is 9.49. The lowest BCUT2D eigenvalue weighted by Crippen LogP contribution is -2.39. The number of amides is 1. The molecular weight excluding hydrogens is 358 g/mol. The summed E-state index contributed by atoms with van der Waals surface area (Å²) in [5.41, 5.74) is 0.920. The van der Waals surface area contributed by atoms with Crippen LogP contribution >= 0.6 is 0 Å². The first-order chi connectivity index (χ1) is 13.6. The first kappa shape index (κ1) is 19.7. The second-order valence-electron chi connectivity index (χ2n) is 6.95. The van der Waals surface area contributed by atoms with Gasteiger partial charge in [0, 0.05) is 6.54 Å². The number of methoxy groups -OCH3 is 1. The van der Waals surface area contributed by atoms with Gasteiger partial charge < -0.3 is 19.9 Å². The third-order valence-electron chi connectivity index (χ3n) is 5.11. The minimum Gasteiger partial charge on any atom is -0.493 e. The maximum Gasteiger partial charge on any atom is 0.307 e. The number of para-hydroxylation sites is 2. The summed E-state index contributed by atoms with van der Waals surface area (Å²) in [6.45, 7) is 0.358. The molecule has 2 N–H and O–H groups in total. The standard InChI is InChI=1S/C22H25NO5/c1-27-19-8-4-5-9-20(19)28-16-12-10-15(11-13-16)14-23-21(24)17-6-2-3-7-18(17)22(25)26/h4-5,8-13,17-18H,2-3,6-7,14H2,1H3,(H,23,24)(H,25,26). The first-order valence-electron chi connectivity index (χ1n) is 9.49. The summed E-state index contributed by atoms with van der Waals surface area (Å²) in [6.07, 6.45) is 2.97. The van der Waals surface area contributed by atoms with Gasteiger partial charge in [-0.2, -0.15) is 0 Å². The minimum absolute atomic E-state index is 0.179. The molecule has 2 aromatic carbocycles. The summed E-state index contributed by atoms with van der Waals surface area (Å²) in [7, 11) is 1.59. The van der Waals surface area contributed by atoms with Crippen LogP contribution in [0.15, 0.2) is 48.5 Å². The van der Waals surface area contributed by atoms with Gasteiger partial charge in [-0.15, -0.1) is 0 Å². The van der Waals surface area contributed by atoms with Crippen molar-refractivity contribution in [3.63, 3.8) is 0 Å². The molecule has 28 heavy (non-hydrogen) atoms. The van der Waals surface area contributed by atoms with Crippen molar-refractivity contribution in [1.82, 2.24) is 5.32 Å². The zero-order chi connectivity index (χ0) is 19.9. The summed E-state index contributed by atoms with van der Waals surface area (Å²) in [5, 5.41) is 12.2. The third kappa shape index (κ3) is 4.82. The van der Waals surface area contributed by atoms with Crippen molar-refractivity contribution < 1.29 is 24.2 Å². The highest BCUT2D eigenvalue weighted by Crippen LogP contribution is 2.32. The molecule has 6 nitrogen and oxygen atoms in total. The predicted octanol–water partition coefficient (Wildman–Crippen LogP) is 3.99. The van der Waals surface area contributed by atoms with Crippen molar-refractivity contribution in [2.45, 2.75) is 32.2 Å². The molecule has 1 saturated carbocycles. The van der Waals surface area contributed by atoms with Crippen LogP contribution in [0.4, 0.5) is 0 Å². The van der Waals surface area contributed by atoms with Crippen LogP contribution in [0.25, 0.3) is 0 Å². The number of ether oxygens (including phenoxy) is 2. The average molecular weight is 383 g/mol. The predicted molar refractivity (Wildman–Crippen MR) is 104 cm³/mol.